The fourth-order valence-electron chi connectivity index (χ4n) is 13.5. The van der Waals surface area contributed by atoms with E-state index in [2.05, 4.69) is 312 Å². The lowest BCUT2D eigenvalue weighted by Gasteiger charge is -2.28. The van der Waals surface area contributed by atoms with E-state index < -0.39 is 0 Å². The summed E-state index contributed by atoms with van der Waals surface area (Å²) in [4.78, 5) is 4.85. The number of para-hydroxylation sites is 6. The Balaban J connectivity index is 0.838. The van der Waals surface area contributed by atoms with Gasteiger partial charge in [0, 0.05) is 72.5 Å². The zero-order chi connectivity index (χ0) is 52.3. The summed E-state index contributed by atoms with van der Waals surface area (Å²) < 4.78 is 4.77. The predicted octanol–water partition coefficient (Wildman–Crippen LogP) is 20.6. The van der Waals surface area contributed by atoms with Crippen molar-refractivity contribution in [1.29, 1.82) is 0 Å². The van der Waals surface area contributed by atoms with Gasteiger partial charge in [0.2, 0.25) is 0 Å². The van der Waals surface area contributed by atoms with Crippen molar-refractivity contribution in [3.8, 4) is 22.5 Å². The third-order valence-electron chi connectivity index (χ3n) is 16.9. The highest BCUT2D eigenvalue weighted by atomic mass is 15.1. The van der Waals surface area contributed by atoms with Gasteiger partial charge >= 0.3 is 0 Å². The molecule has 0 bridgehead atoms. The molecule has 16 rings (SSSR count). The summed E-state index contributed by atoms with van der Waals surface area (Å²) in [7, 11) is 0. The first-order valence-corrected chi connectivity index (χ1v) is 27.4. The third kappa shape index (κ3) is 6.87. The topological polar surface area (TPSA) is 16.3 Å². The van der Waals surface area contributed by atoms with E-state index in [1.165, 1.54) is 98.2 Å². The molecule has 13 aromatic carbocycles. The summed E-state index contributed by atoms with van der Waals surface area (Å²) in [5, 5.41) is 12.4. The van der Waals surface area contributed by atoms with Crippen LogP contribution in [0.5, 0.6) is 0 Å². The molecule has 0 spiro atoms. The molecular formula is C75H52N4. The van der Waals surface area contributed by atoms with Gasteiger partial charge in [-0.05, 0) is 188 Å². The fourth-order valence-corrected chi connectivity index (χ4v) is 13.5. The molecule has 0 fully saturated rings. The lowest BCUT2D eigenvalue weighted by Crippen LogP contribution is -2.16. The van der Waals surface area contributed by atoms with E-state index in [4.69, 9.17) is 0 Å². The zero-order valence-electron chi connectivity index (χ0n) is 43.8. The molecule has 0 N–H and O–H groups in total. The number of hydrogen-bond donors (Lipinski definition) is 0. The van der Waals surface area contributed by atoms with Crippen LogP contribution in [-0.4, -0.2) is 9.13 Å². The Morgan fingerprint density at radius 1 is 0.278 bits per heavy atom. The molecule has 372 valence electrons. The number of hydrogen-bond acceptors (Lipinski definition) is 2. The summed E-state index contributed by atoms with van der Waals surface area (Å²) in [5.41, 5.74) is 18.9. The Bertz CT molecular complexity index is 4920. The van der Waals surface area contributed by atoms with E-state index in [0.29, 0.717) is 0 Å². The van der Waals surface area contributed by atoms with Crippen LogP contribution in [0.1, 0.15) is 25.0 Å². The Morgan fingerprint density at radius 2 is 0.696 bits per heavy atom. The van der Waals surface area contributed by atoms with Crippen LogP contribution >= 0.6 is 0 Å². The Morgan fingerprint density at radius 3 is 1.24 bits per heavy atom. The van der Waals surface area contributed by atoms with Crippen LogP contribution < -0.4 is 9.80 Å². The van der Waals surface area contributed by atoms with Crippen LogP contribution in [0.2, 0.25) is 0 Å². The van der Waals surface area contributed by atoms with E-state index in [1.54, 1.807) is 0 Å². The van der Waals surface area contributed by atoms with Gasteiger partial charge in [-0.2, -0.15) is 0 Å². The van der Waals surface area contributed by atoms with Gasteiger partial charge in [0.15, 0.2) is 0 Å². The summed E-state index contributed by atoms with van der Waals surface area (Å²) >= 11 is 0. The van der Waals surface area contributed by atoms with Crippen molar-refractivity contribution in [3.05, 3.63) is 290 Å². The minimum absolute atomic E-state index is 0.299. The molecule has 0 saturated heterocycles. The maximum absolute atomic E-state index is 2.49. The van der Waals surface area contributed by atoms with Crippen molar-refractivity contribution in [1.82, 2.24) is 9.13 Å². The molecule has 0 radical (unpaired) electrons. The zero-order valence-corrected chi connectivity index (χ0v) is 43.8. The van der Waals surface area contributed by atoms with Crippen LogP contribution in [-0.2, 0) is 5.41 Å². The predicted molar refractivity (Wildman–Crippen MR) is 335 cm³/mol. The van der Waals surface area contributed by atoms with E-state index in [-0.39, 0.29) is 5.41 Å². The number of fused-ring (bicyclic) bond motifs is 15. The van der Waals surface area contributed by atoms with Crippen molar-refractivity contribution in [2.24, 2.45) is 0 Å². The highest BCUT2D eigenvalue weighted by Gasteiger charge is 2.39. The molecule has 0 atom stereocenters. The van der Waals surface area contributed by atoms with Gasteiger partial charge in [0.1, 0.15) is 0 Å². The molecule has 2 heterocycles. The van der Waals surface area contributed by atoms with Crippen molar-refractivity contribution >= 4 is 110 Å². The SMILES string of the molecule is CC1(C)c2cc3cc(N(c4ccccc4)c4ccc5c(c4)c4ccccc4n5-c4ccccc4)ccc3cc2-c2c1c1ccc(N(c3ccccc3)c3ccc4c(c3)c3ccccc3n4-c3ccccc3)cc1c1ccccc21. The van der Waals surface area contributed by atoms with Gasteiger partial charge in [-0.25, -0.2) is 0 Å². The Kier molecular flexibility index (Phi) is 9.95. The van der Waals surface area contributed by atoms with Gasteiger partial charge in [-0.3, -0.25) is 0 Å². The van der Waals surface area contributed by atoms with E-state index in [9.17, 15) is 0 Å². The molecule has 4 heteroatoms. The molecule has 79 heavy (non-hydrogen) atoms. The largest absolute Gasteiger partial charge is 0.310 e. The molecule has 0 unspecified atom stereocenters. The average Bonchev–Trinajstić information content (AvgIpc) is 4.04. The number of nitrogens with zero attached hydrogens (tertiary/aromatic N) is 4. The Labute approximate surface area is 458 Å². The number of benzene rings is 13. The van der Waals surface area contributed by atoms with Crippen molar-refractivity contribution in [2.75, 3.05) is 9.80 Å². The monoisotopic (exact) mass is 1010 g/mol. The first-order valence-electron chi connectivity index (χ1n) is 27.4. The Hall–Kier alpha value is -10.2. The third-order valence-corrected chi connectivity index (χ3v) is 16.9. The van der Waals surface area contributed by atoms with Crippen molar-refractivity contribution < 1.29 is 0 Å². The van der Waals surface area contributed by atoms with Crippen LogP contribution in [0.15, 0.2) is 279 Å². The van der Waals surface area contributed by atoms with E-state index in [0.717, 1.165) is 45.5 Å². The molecule has 0 aliphatic heterocycles. The summed E-state index contributed by atoms with van der Waals surface area (Å²) in [6.07, 6.45) is 0. The second kappa shape index (κ2) is 17.4. The molecule has 2 aromatic heterocycles. The second-order valence-electron chi connectivity index (χ2n) is 21.7. The standard InChI is InChI=1S/C75H52N4/c1-75(2)68-45-50-43-55(76(51-21-7-3-8-22-51)57-38-41-71-65(47-57)60-30-17-19-33-69(60)78(71)53-25-11-5-12-26-53)36-35-49(50)44-67(68)73-62-32-16-15-29-59(62)64-46-56(37-40-63(64)74(73)75)77(52-23-9-4-10-24-52)58-39-42-72-66(48-58)61-31-18-20-34-70(61)79(72)54-27-13-6-14-28-54/h3-48H,1-2H3. The molecular weight excluding hydrogens is 957 g/mol. The van der Waals surface area contributed by atoms with Gasteiger partial charge in [-0.15, -0.1) is 0 Å². The second-order valence-corrected chi connectivity index (χ2v) is 21.7. The molecule has 1 aliphatic rings. The maximum Gasteiger partial charge on any atom is 0.0542 e. The molecule has 1 aliphatic carbocycles. The smallest absolute Gasteiger partial charge is 0.0542 e. The van der Waals surface area contributed by atoms with Gasteiger partial charge < -0.3 is 18.9 Å². The number of anilines is 6. The van der Waals surface area contributed by atoms with Crippen LogP contribution in [0, 0.1) is 0 Å². The minimum atomic E-state index is -0.299. The highest BCUT2D eigenvalue weighted by molar-refractivity contribution is 6.20. The van der Waals surface area contributed by atoms with Crippen LogP contribution in [0.3, 0.4) is 0 Å². The fraction of sp³-hybridized carbons (Fsp3) is 0.0400. The summed E-state index contributed by atoms with van der Waals surface area (Å²) in [5.74, 6) is 0. The van der Waals surface area contributed by atoms with Gasteiger partial charge in [-0.1, -0.05) is 159 Å². The molecule has 15 aromatic rings. The molecule has 0 amide bonds. The molecule has 0 saturated carbocycles. The first-order chi connectivity index (χ1) is 39.0. The first kappa shape index (κ1) is 45.1. The van der Waals surface area contributed by atoms with Gasteiger partial charge in [0.05, 0.1) is 22.1 Å². The average molecular weight is 1010 g/mol. The van der Waals surface area contributed by atoms with Crippen LogP contribution in [0.25, 0.3) is 98.4 Å². The number of aromatic nitrogens is 2. The van der Waals surface area contributed by atoms with Crippen molar-refractivity contribution in [3.63, 3.8) is 0 Å². The lowest BCUT2D eigenvalue weighted by molar-refractivity contribution is 0.667. The summed E-state index contributed by atoms with van der Waals surface area (Å²) in [6.45, 7) is 4.87. The molecule has 4 nitrogen and oxygen atoms in total. The summed E-state index contributed by atoms with van der Waals surface area (Å²) in [6, 6.07) is 103. The number of rotatable bonds is 8. The minimum Gasteiger partial charge on any atom is -0.310 e. The highest BCUT2D eigenvalue weighted by Crippen LogP contribution is 2.56. The van der Waals surface area contributed by atoms with Crippen LogP contribution in [0.4, 0.5) is 34.1 Å². The lowest BCUT2D eigenvalue weighted by atomic mass is 9.79. The van der Waals surface area contributed by atoms with E-state index in [1.807, 2.05) is 0 Å². The quantitative estimate of drug-likeness (QED) is 0.141. The van der Waals surface area contributed by atoms with E-state index >= 15 is 0 Å². The van der Waals surface area contributed by atoms with Crippen molar-refractivity contribution in [2.45, 2.75) is 19.3 Å². The normalized spacial score (nSPS) is 12.8. The van der Waals surface area contributed by atoms with Gasteiger partial charge in [0.25, 0.3) is 0 Å². The maximum atomic E-state index is 2.49.